The topological polar surface area (TPSA) is 46.5 Å². The molecule has 0 bridgehead atoms. The summed E-state index contributed by atoms with van der Waals surface area (Å²) in [4.78, 5) is 11.6. The summed E-state index contributed by atoms with van der Waals surface area (Å²) in [5, 5.41) is 9.88. The summed E-state index contributed by atoms with van der Waals surface area (Å²) in [5.74, 6) is -0.464. The average Bonchev–Trinajstić information content (AvgIpc) is 2.49. The minimum absolute atomic E-state index is 0.0663. The van der Waals surface area contributed by atoms with Crippen LogP contribution >= 0.6 is 0 Å². The summed E-state index contributed by atoms with van der Waals surface area (Å²) in [6.07, 6.45) is 2.14. The maximum Gasteiger partial charge on any atom is 0.313 e. The van der Waals surface area contributed by atoms with Gasteiger partial charge < -0.3 is 9.84 Å². The first-order chi connectivity index (χ1) is 9.75. The zero-order valence-corrected chi connectivity index (χ0v) is 11.0. The maximum absolute atomic E-state index is 11.6. The van der Waals surface area contributed by atoms with Crippen LogP contribution in [0, 0.1) is 0 Å². The predicted molar refractivity (Wildman–Crippen MR) is 77.6 cm³/mol. The number of hydrogen-bond donors (Lipinski definition) is 1. The van der Waals surface area contributed by atoms with E-state index in [1.165, 1.54) is 6.26 Å². The van der Waals surface area contributed by atoms with Gasteiger partial charge >= 0.3 is 5.97 Å². The third-order valence-electron chi connectivity index (χ3n) is 2.80. The van der Waals surface area contributed by atoms with Crippen molar-refractivity contribution in [1.29, 1.82) is 0 Å². The highest BCUT2D eigenvalue weighted by molar-refractivity contribution is 5.71. The molecule has 0 fully saturated rings. The molecule has 0 aliphatic heterocycles. The van der Waals surface area contributed by atoms with Gasteiger partial charge in [-0.3, -0.25) is 4.79 Å². The molecule has 2 aromatic rings. The van der Waals surface area contributed by atoms with Gasteiger partial charge in [-0.1, -0.05) is 60.7 Å². The van der Waals surface area contributed by atoms with E-state index in [-0.39, 0.29) is 6.42 Å². The Morgan fingerprint density at radius 3 is 2.30 bits per heavy atom. The summed E-state index contributed by atoms with van der Waals surface area (Å²) >= 11 is 0. The van der Waals surface area contributed by atoms with Crippen LogP contribution in [0.4, 0.5) is 0 Å². The van der Waals surface area contributed by atoms with Crippen LogP contribution in [-0.2, 0) is 9.53 Å². The molecule has 0 aliphatic carbocycles. The summed E-state index contributed by atoms with van der Waals surface area (Å²) in [5.41, 5.74) is 1.65. The van der Waals surface area contributed by atoms with Crippen molar-refractivity contribution in [1.82, 2.24) is 0 Å². The van der Waals surface area contributed by atoms with E-state index in [0.29, 0.717) is 5.56 Å². The number of aliphatic hydroxyl groups is 1. The fourth-order valence-electron chi connectivity index (χ4n) is 1.75. The minimum atomic E-state index is -0.839. The van der Waals surface area contributed by atoms with Crippen molar-refractivity contribution < 1.29 is 14.6 Å². The quantitative estimate of drug-likeness (QED) is 0.668. The molecule has 1 N–H and O–H groups in total. The van der Waals surface area contributed by atoms with Crippen LogP contribution in [0.15, 0.2) is 66.9 Å². The Morgan fingerprint density at radius 1 is 1.05 bits per heavy atom. The average molecular weight is 268 g/mol. The molecule has 0 radical (unpaired) electrons. The Labute approximate surface area is 118 Å². The minimum Gasteiger partial charge on any atom is -0.434 e. The number of carbonyl (C=O) groups is 1. The van der Waals surface area contributed by atoms with Crippen LogP contribution in [0.25, 0.3) is 6.08 Å². The van der Waals surface area contributed by atoms with Gasteiger partial charge in [-0.05, 0) is 17.2 Å². The van der Waals surface area contributed by atoms with E-state index in [2.05, 4.69) is 0 Å². The van der Waals surface area contributed by atoms with Crippen LogP contribution in [-0.4, -0.2) is 11.1 Å². The lowest BCUT2D eigenvalue weighted by molar-refractivity contribution is -0.140. The molecule has 0 saturated heterocycles. The van der Waals surface area contributed by atoms with Gasteiger partial charge in [0.2, 0.25) is 0 Å². The van der Waals surface area contributed by atoms with E-state index in [4.69, 9.17) is 4.74 Å². The Kier molecular flexibility index (Phi) is 5.09. The normalized spacial score (nSPS) is 12.2. The van der Waals surface area contributed by atoms with Crippen molar-refractivity contribution in [3.63, 3.8) is 0 Å². The number of ether oxygens (including phenoxy) is 1. The molecule has 0 heterocycles. The molecule has 2 rings (SSSR count). The van der Waals surface area contributed by atoms with Crippen molar-refractivity contribution in [3.05, 3.63) is 78.1 Å². The van der Waals surface area contributed by atoms with Crippen molar-refractivity contribution in [2.75, 3.05) is 0 Å². The molecule has 20 heavy (non-hydrogen) atoms. The third kappa shape index (κ3) is 4.37. The Hall–Kier alpha value is -2.39. The zero-order valence-electron chi connectivity index (χ0n) is 11.0. The molecule has 3 nitrogen and oxygen atoms in total. The van der Waals surface area contributed by atoms with Crippen LogP contribution in [0.5, 0.6) is 0 Å². The standard InChI is InChI=1S/C17H16O3/c18-16(15-9-5-2-6-10-15)13-17(19)20-12-11-14-7-3-1-4-8-14/h1-12,16,18H,13H2. The monoisotopic (exact) mass is 268 g/mol. The lowest BCUT2D eigenvalue weighted by Gasteiger charge is -2.08. The van der Waals surface area contributed by atoms with Crippen LogP contribution in [0.2, 0.25) is 0 Å². The first-order valence-corrected chi connectivity index (χ1v) is 6.40. The van der Waals surface area contributed by atoms with Gasteiger partial charge in [-0.2, -0.15) is 0 Å². The smallest absolute Gasteiger partial charge is 0.313 e. The second kappa shape index (κ2) is 7.26. The van der Waals surface area contributed by atoms with Crippen LogP contribution in [0.3, 0.4) is 0 Å². The molecule has 0 amide bonds. The number of carbonyl (C=O) groups excluding carboxylic acids is 1. The van der Waals surface area contributed by atoms with Crippen molar-refractivity contribution >= 4 is 12.0 Å². The van der Waals surface area contributed by atoms with Gasteiger partial charge in [-0.25, -0.2) is 0 Å². The number of hydrogen-bond acceptors (Lipinski definition) is 3. The van der Waals surface area contributed by atoms with Gasteiger partial charge in [0, 0.05) is 0 Å². The summed E-state index contributed by atoms with van der Waals surface area (Å²) in [7, 11) is 0. The molecule has 1 unspecified atom stereocenters. The van der Waals surface area contributed by atoms with E-state index in [1.807, 2.05) is 48.5 Å². The Bertz CT molecular complexity index is 561. The SMILES string of the molecule is O=C(CC(O)c1ccccc1)OC=Cc1ccccc1. The molecular formula is C17H16O3. The second-order valence-electron chi connectivity index (χ2n) is 4.33. The molecule has 1 atom stereocenters. The Balaban J connectivity index is 1.83. The highest BCUT2D eigenvalue weighted by Gasteiger charge is 2.12. The zero-order chi connectivity index (χ0) is 14.2. The van der Waals surface area contributed by atoms with Crippen LogP contribution < -0.4 is 0 Å². The van der Waals surface area contributed by atoms with Crippen molar-refractivity contribution in [3.8, 4) is 0 Å². The fraction of sp³-hybridized carbons (Fsp3) is 0.118. The molecule has 0 spiro atoms. The Morgan fingerprint density at radius 2 is 1.65 bits per heavy atom. The fourth-order valence-corrected chi connectivity index (χ4v) is 1.75. The largest absolute Gasteiger partial charge is 0.434 e. The van der Waals surface area contributed by atoms with Crippen LogP contribution in [0.1, 0.15) is 23.7 Å². The van der Waals surface area contributed by atoms with Gasteiger partial charge in [0.25, 0.3) is 0 Å². The first-order valence-electron chi connectivity index (χ1n) is 6.40. The third-order valence-corrected chi connectivity index (χ3v) is 2.80. The molecule has 0 aromatic heterocycles. The molecule has 3 heteroatoms. The highest BCUT2D eigenvalue weighted by atomic mass is 16.5. The summed E-state index contributed by atoms with van der Waals surface area (Å²) < 4.78 is 4.96. The number of rotatable bonds is 5. The van der Waals surface area contributed by atoms with Gasteiger partial charge in [0.05, 0.1) is 18.8 Å². The molecule has 0 saturated carbocycles. The number of esters is 1. The predicted octanol–water partition coefficient (Wildman–Crippen LogP) is 3.32. The summed E-state index contributed by atoms with van der Waals surface area (Å²) in [6, 6.07) is 18.6. The molecule has 102 valence electrons. The van der Waals surface area contributed by atoms with Crippen molar-refractivity contribution in [2.24, 2.45) is 0 Å². The lowest BCUT2D eigenvalue weighted by Crippen LogP contribution is -2.07. The number of benzene rings is 2. The lowest BCUT2D eigenvalue weighted by atomic mass is 10.1. The summed E-state index contributed by atoms with van der Waals surface area (Å²) in [6.45, 7) is 0. The van der Waals surface area contributed by atoms with E-state index >= 15 is 0 Å². The highest BCUT2D eigenvalue weighted by Crippen LogP contribution is 2.16. The molecular weight excluding hydrogens is 252 g/mol. The molecule has 0 aliphatic rings. The first kappa shape index (κ1) is 14.0. The van der Waals surface area contributed by atoms with E-state index in [1.54, 1.807) is 18.2 Å². The van der Waals surface area contributed by atoms with Gasteiger partial charge in [0.1, 0.15) is 0 Å². The molecule has 2 aromatic carbocycles. The van der Waals surface area contributed by atoms with E-state index in [9.17, 15) is 9.90 Å². The van der Waals surface area contributed by atoms with Gasteiger partial charge in [-0.15, -0.1) is 0 Å². The second-order valence-corrected chi connectivity index (χ2v) is 4.33. The maximum atomic E-state index is 11.6. The van der Waals surface area contributed by atoms with Gasteiger partial charge in [0.15, 0.2) is 0 Å². The van der Waals surface area contributed by atoms with Crippen molar-refractivity contribution in [2.45, 2.75) is 12.5 Å². The van der Waals surface area contributed by atoms with E-state index < -0.39 is 12.1 Å². The number of aliphatic hydroxyl groups excluding tert-OH is 1. The van der Waals surface area contributed by atoms with E-state index in [0.717, 1.165) is 5.56 Å².